The molecular formula is C18H12BrN3O2S. The van der Waals surface area contributed by atoms with Gasteiger partial charge < -0.3 is 4.42 Å². The number of fused-ring (bicyclic) bond motifs is 1. The van der Waals surface area contributed by atoms with Gasteiger partial charge in [0, 0.05) is 12.4 Å². The van der Waals surface area contributed by atoms with Gasteiger partial charge in [0.1, 0.15) is 0 Å². The van der Waals surface area contributed by atoms with E-state index >= 15 is 0 Å². The third-order valence-electron chi connectivity index (χ3n) is 3.61. The Balaban J connectivity index is 1.75. The van der Waals surface area contributed by atoms with Crippen LogP contribution in [0.2, 0.25) is 0 Å². The van der Waals surface area contributed by atoms with Crippen LogP contribution in [0.4, 0.5) is 5.13 Å². The minimum atomic E-state index is -0.242. The topological polar surface area (TPSA) is 59.2 Å². The maximum absolute atomic E-state index is 13.0. The second kappa shape index (κ2) is 6.78. The maximum atomic E-state index is 13.0. The first-order valence-electron chi connectivity index (χ1n) is 7.52. The summed E-state index contributed by atoms with van der Waals surface area (Å²) in [4.78, 5) is 23.4. The Morgan fingerprint density at radius 1 is 1.16 bits per heavy atom. The lowest BCUT2D eigenvalue weighted by molar-refractivity contribution is 0.0957. The lowest BCUT2D eigenvalue weighted by Gasteiger charge is -2.18. The zero-order chi connectivity index (χ0) is 17.2. The summed E-state index contributed by atoms with van der Waals surface area (Å²) in [5.74, 6) is 0.0173. The predicted molar refractivity (Wildman–Crippen MR) is 101 cm³/mol. The standard InChI is InChI=1S/C18H12BrN3O2S/c19-16-8-7-14(24-16)17(23)22(11-12-4-3-9-20-10-12)18-21-13-5-1-2-6-15(13)25-18/h1-10H,11H2. The molecule has 3 aromatic heterocycles. The van der Waals surface area contributed by atoms with Crippen LogP contribution in [0, 0.1) is 0 Å². The van der Waals surface area contributed by atoms with Crippen molar-refractivity contribution in [2.45, 2.75) is 6.54 Å². The largest absolute Gasteiger partial charge is 0.444 e. The normalized spacial score (nSPS) is 10.9. The van der Waals surface area contributed by atoms with Crippen LogP contribution in [0.25, 0.3) is 10.2 Å². The smallest absolute Gasteiger partial charge is 0.296 e. The molecule has 5 nitrogen and oxygen atoms in total. The van der Waals surface area contributed by atoms with E-state index in [-0.39, 0.29) is 11.7 Å². The van der Waals surface area contributed by atoms with Crippen LogP contribution >= 0.6 is 27.3 Å². The molecule has 0 aliphatic heterocycles. The van der Waals surface area contributed by atoms with Crippen molar-refractivity contribution in [2.24, 2.45) is 0 Å². The number of pyridine rings is 1. The Bertz CT molecular complexity index is 996. The highest BCUT2D eigenvalue weighted by molar-refractivity contribution is 9.10. The molecule has 0 unspecified atom stereocenters. The van der Waals surface area contributed by atoms with E-state index < -0.39 is 0 Å². The fourth-order valence-electron chi connectivity index (χ4n) is 2.44. The summed E-state index contributed by atoms with van der Waals surface area (Å²) in [7, 11) is 0. The molecule has 3 heterocycles. The van der Waals surface area contributed by atoms with Crippen molar-refractivity contribution in [1.82, 2.24) is 9.97 Å². The van der Waals surface area contributed by atoms with Crippen molar-refractivity contribution in [3.63, 3.8) is 0 Å². The van der Waals surface area contributed by atoms with Gasteiger partial charge in [-0.25, -0.2) is 4.98 Å². The lowest BCUT2D eigenvalue weighted by Crippen LogP contribution is -2.30. The Hall–Kier alpha value is -2.51. The quantitative estimate of drug-likeness (QED) is 0.477. The summed E-state index contributed by atoms with van der Waals surface area (Å²) >= 11 is 4.71. The van der Waals surface area contributed by atoms with Crippen molar-refractivity contribution < 1.29 is 9.21 Å². The van der Waals surface area contributed by atoms with E-state index in [9.17, 15) is 4.79 Å². The van der Waals surface area contributed by atoms with Crippen LogP contribution in [-0.4, -0.2) is 15.9 Å². The van der Waals surface area contributed by atoms with Crippen LogP contribution in [0.3, 0.4) is 0 Å². The number of anilines is 1. The Morgan fingerprint density at radius 3 is 2.76 bits per heavy atom. The number of benzene rings is 1. The number of amides is 1. The summed E-state index contributed by atoms with van der Waals surface area (Å²) in [6.07, 6.45) is 3.45. The molecule has 1 amide bonds. The number of furan rings is 1. The summed E-state index contributed by atoms with van der Waals surface area (Å²) in [5.41, 5.74) is 1.79. The van der Waals surface area contributed by atoms with Crippen LogP contribution in [0.1, 0.15) is 16.1 Å². The minimum absolute atomic E-state index is 0.242. The molecule has 0 bridgehead atoms. The van der Waals surface area contributed by atoms with E-state index in [1.165, 1.54) is 11.3 Å². The van der Waals surface area contributed by atoms with E-state index in [1.807, 2.05) is 36.4 Å². The summed E-state index contributed by atoms with van der Waals surface area (Å²) in [6.45, 7) is 0.366. The highest BCUT2D eigenvalue weighted by atomic mass is 79.9. The molecule has 25 heavy (non-hydrogen) atoms. The second-order valence-corrected chi connectivity index (χ2v) is 7.11. The van der Waals surface area contributed by atoms with E-state index in [2.05, 4.69) is 25.9 Å². The number of aromatic nitrogens is 2. The molecule has 0 radical (unpaired) electrons. The number of rotatable bonds is 4. The van der Waals surface area contributed by atoms with E-state index in [0.717, 1.165) is 15.8 Å². The molecule has 0 atom stereocenters. The number of halogens is 1. The molecule has 0 aliphatic carbocycles. The third kappa shape index (κ3) is 3.33. The number of carbonyl (C=O) groups is 1. The van der Waals surface area contributed by atoms with Crippen LogP contribution in [-0.2, 0) is 6.54 Å². The molecule has 0 N–H and O–H groups in total. The molecule has 0 fully saturated rings. The Morgan fingerprint density at radius 2 is 2.04 bits per heavy atom. The highest BCUT2D eigenvalue weighted by Gasteiger charge is 2.24. The van der Waals surface area contributed by atoms with Gasteiger partial charge in [0.25, 0.3) is 5.91 Å². The average Bonchev–Trinajstić information content (AvgIpc) is 3.26. The van der Waals surface area contributed by atoms with Crippen molar-refractivity contribution in [3.05, 3.63) is 76.9 Å². The fraction of sp³-hybridized carbons (Fsp3) is 0.0556. The van der Waals surface area contributed by atoms with Gasteiger partial charge in [-0.3, -0.25) is 14.7 Å². The summed E-state index contributed by atoms with van der Waals surface area (Å²) in [6, 6.07) is 14.9. The number of para-hydroxylation sites is 1. The molecular weight excluding hydrogens is 402 g/mol. The third-order valence-corrected chi connectivity index (χ3v) is 5.09. The van der Waals surface area contributed by atoms with Gasteiger partial charge >= 0.3 is 0 Å². The maximum Gasteiger partial charge on any atom is 0.296 e. The highest BCUT2D eigenvalue weighted by Crippen LogP contribution is 2.31. The minimum Gasteiger partial charge on any atom is -0.444 e. The molecule has 1 aromatic carbocycles. The van der Waals surface area contributed by atoms with E-state index in [4.69, 9.17) is 4.42 Å². The molecule has 0 saturated carbocycles. The van der Waals surface area contributed by atoms with Crippen LogP contribution in [0.5, 0.6) is 0 Å². The number of carbonyl (C=O) groups excluding carboxylic acids is 1. The van der Waals surface area contributed by atoms with E-state index in [1.54, 1.807) is 29.4 Å². The Kier molecular flexibility index (Phi) is 4.33. The molecule has 4 rings (SSSR count). The molecule has 124 valence electrons. The van der Waals surface area contributed by atoms with Gasteiger partial charge in [0.2, 0.25) is 0 Å². The van der Waals surface area contributed by atoms with Gasteiger partial charge in [-0.2, -0.15) is 0 Å². The van der Waals surface area contributed by atoms with Crippen LogP contribution in [0.15, 0.2) is 70.0 Å². The molecule has 0 saturated heterocycles. The molecule has 7 heteroatoms. The van der Waals surface area contributed by atoms with Crippen molar-refractivity contribution in [2.75, 3.05) is 4.90 Å². The first-order chi connectivity index (χ1) is 12.2. The number of hydrogen-bond acceptors (Lipinski definition) is 5. The fourth-order valence-corrected chi connectivity index (χ4v) is 3.71. The van der Waals surface area contributed by atoms with Gasteiger partial charge in [0.15, 0.2) is 15.6 Å². The summed E-state index contributed by atoms with van der Waals surface area (Å²) in [5, 5.41) is 0.627. The first-order valence-corrected chi connectivity index (χ1v) is 9.13. The van der Waals surface area contributed by atoms with Crippen molar-refractivity contribution in [3.8, 4) is 0 Å². The number of thiazole rings is 1. The zero-order valence-corrected chi connectivity index (χ0v) is 15.3. The predicted octanol–water partition coefficient (Wildman–Crippen LogP) is 4.89. The first kappa shape index (κ1) is 16.0. The van der Waals surface area contributed by atoms with Gasteiger partial charge in [-0.15, -0.1) is 0 Å². The molecule has 4 aromatic rings. The van der Waals surface area contributed by atoms with Gasteiger partial charge in [-0.1, -0.05) is 29.5 Å². The molecule has 0 aliphatic rings. The summed E-state index contributed by atoms with van der Waals surface area (Å²) < 4.78 is 6.99. The van der Waals surface area contributed by atoms with Gasteiger partial charge in [-0.05, 0) is 51.8 Å². The average molecular weight is 414 g/mol. The number of hydrogen-bond donors (Lipinski definition) is 0. The lowest BCUT2D eigenvalue weighted by atomic mass is 10.2. The SMILES string of the molecule is O=C(c1ccc(Br)o1)N(Cc1cccnc1)c1nc2ccccc2s1. The monoisotopic (exact) mass is 413 g/mol. The van der Waals surface area contributed by atoms with Crippen molar-refractivity contribution >= 4 is 48.5 Å². The Labute approximate surface area is 156 Å². The zero-order valence-electron chi connectivity index (χ0n) is 12.9. The number of nitrogens with zero attached hydrogens (tertiary/aromatic N) is 3. The van der Waals surface area contributed by atoms with E-state index in [0.29, 0.717) is 16.3 Å². The van der Waals surface area contributed by atoms with Crippen LogP contribution < -0.4 is 4.90 Å². The van der Waals surface area contributed by atoms with Gasteiger partial charge in [0.05, 0.1) is 16.8 Å². The second-order valence-electron chi connectivity index (χ2n) is 5.32. The van der Waals surface area contributed by atoms with Crippen molar-refractivity contribution in [1.29, 1.82) is 0 Å². The molecule has 0 spiro atoms.